The number of hydrogen-bond donors (Lipinski definition) is 1. The molecule has 0 fully saturated rings. The van der Waals surface area contributed by atoms with Crippen molar-refractivity contribution in [1.29, 1.82) is 0 Å². The van der Waals surface area contributed by atoms with Crippen molar-refractivity contribution in [1.82, 2.24) is 15.1 Å². The van der Waals surface area contributed by atoms with Crippen LogP contribution in [0.4, 0.5) is 13.2 Å². The topological polar surface area (TPSA) is 46.9 Å². The lowest BCUT2D eigenvalue weighted by Crippen LogP contribution is -2.28. The maximum atomic E-state index is 12.4. The summed E-state index contributed by atoms with van der Waals surface area (Å²) in [6.45, 7) is 4.15. The minimum atomic E-state index is -4.45. The fraction of sp³-hybridized carbons (Fsp3) is 0.333. The molecular formula is C15H16F3N3O. The highest BCUT2D eigenvalue weighted by Crippen LogP contribution is 2.27. The molecule has 2 rings (SSSR count). The molecule has 22 heavy (non-hydrogen) atoms. The van der Waals surface area contributed by atoms with Crippen LogP contribution in [-0.4, -0.2) is 22.2 Å². The highest BCUT2D eigenvalue weighted by molar-refractivity contribution is 5.95. The normalized spacial score (nSPS) is 11.5. The van der Waals surface area contributed by atoms with E-state index in [-0.39, 0.29) is 19.0 Å². The van der Waals surface area contributed by atoms with Crippen LogP contribution in [0.1, 0.15) is 27.2 Å². The minimum Gasteiger partial charge on any atom is -0.350 e. The first-order valence-electron chi connectivity index (χ1n) is 6.73. The molecule has 0 aliphatic rings. The van der Waals surface area contributed by atoms with Crippen LogP contribution in [0.25, 0.3) is 0 Å². The Kier molecular flexibility index (Phi) is 4.54. The van der Waals surface area contributed by atoms with Gasteiger partial charge >= 0.3 is 6.18 Å². The van der Waals surface area contributed by atoms with Gasteiger partial charge in [-0.05, 0) is 31.5 Å². The van der Waals surface area contributed by atoms with Crippen LogP contribution < -0.4 is 5.32 Å². The van der Waals surface area contributed by atoms with E-state index in [1.54, 1.807) is 6.07 Å². The van der Waals surface area contributed by atoms with Crippen LogP contribution in [0.2, 0.25) is 0 Å². The second-order valence-electron chi connectivity index (χ2n) is 5.04. The van der Waals surface area contributed by atoms with Gasteiger partial charge in [0.15, 0.2) is 5.69 Å². The summed E-state index contributed by atoms with van der Waals surface area (Å²) in [6, 6.07) is 6.38. The van der Waals surface area contributed by atoms with Crippen LogP contribution in [0.3, 0.4) is 0 Å². The second kappa shape index (κ2) is 6.21. The molecule has 0 aliphatic heterocycles. The highest BCUT2D eigenvalue weighted by atomic mass is 19.4. The zero-order valence-corrected chi connectivity index (χ0v) is 12.2. The molecule has 0 saturated heterocycles. The van der Waals surface area contributed by atoms with Gasteiger partial charge in [0.25, 0.3) is 5.91 Å². The first kappa shape index (κ1) is 16.1. The smallest absolute Gasteiger partial charge is 0.350 e. The number of halogens is 3. The fourth-order valence-electron chi connectivity index (χ4n) is 2.08. The Bertz CT molecular complexity index is 677. The molecule has 7 heteroatoms. The number of aryl methyl sites for hydroxylation is 2. The maximum Gasteiger partial charge on any atom is 0.435 e. The van der Waals surface area contributed by atoms with Gasteiger partial charge < -0.3 is 5.32 Å². The number of nitrogens with one attached hydrogen (secondary N) is 1. The molecule has 0 spiro atoms. The van der Waals surface area contributed by atoms with Gasteiger partial charge in [-0.2, -0.15) is 18.3 Å². The Balaban J connectivity index is 1.91. The summed E-state index contributed by atoms with van der Waals surface area (Å²) in [5.41, 5.74) is 1.54. The molecule has 1 amide bonds. The van der Waals surface area contributed by atoms with E-state index in [0.717, 1.165) is 21.9 Å². The molecule has 0 bridgehead atoms. The van der Waals surface area contributed by atoms with E-state index >= 15 is 0 Å². The Morgan fingerprint density at radius 1 is 1.27 bits per heavy atom. The Morgan fingerprint density at radius 3 is 2.59 bits per heavy atom. The zero-order valence-electron chi connectivity index (χ0n) is 12.2. The summed E-state index contributed by atoms with van der Waals surface area (Å²) in [7, 11) is 0. The fourth-order valence-corrected chi connectivity index (χ4v) is 2.08. The molecule has 1 heterocycles. The average molecular weight is 311 g/mol. The number of nitrogens with zero attached hydrogens (tertiary/aromatic N) is 2. The molecule has 0 atom stereocenters. The molecule has 0 saturated carbocycles. The summed E-state index contributed by atoms with van der Waals surface area (Å²) in [4.78, 5) is 12.0. The van der Waals surface area contributed by atoms with Gasteiger partial charge in [0.05, 0.1) is 6.54 Å². The molecule has 0 aliphatic carbocycles. The Morgan fingerprint density at radius 2 is 2.00 bits per heavy atom. The first-order valence-corrected chi connectivity index (χ1v) is 6.73. The molecule has 2 aromatic rings. The second-order valence-corrected chi connectivity index (χ2v) is 5.04. The van der Waals surface area contributed by atoms with E-state index in [1.165, 1.54) is 6.20 Å². The number of aromatic nitrogens is 2. The SMILES string of the molecule is Cc1ccc(C(=O)NCCn2ccc(C(F)(F)F)n2)c(C)c1. The largest absolute Gasteiger partial charge is 0.435 e. The van der Waals surface area contributed by atoms with E-state index in [0.29, 0.717) is 5.56 Å². The molecule has 118 valence electrons. The molecular weight excluding hydrogens is 295 g/mol. The predicted molar refractivity (Wildman–Crippen MR) is 75.5 cm³/mol. The number of carbonyl (C=O) groups is 1. The molecule has 1 N–H and O–H groups in total. The van der Waals surface area contributed by atoms with E-state index < -0.39 is 11.9 Å². The number of benzene rings is 1. The Labute approximate surface area is 125 Å². The summed E-state index contributed by atoms with van der Waals surface area (Å²) in [5.74, 6) is -0.249. The van der Waals surface area contributed by atoms with Crippen LogP contribution in [0.15, 0.2) is 30.5 Å². The van der Waals surface area contributed by atoms with Crippen molar-refractivity contribution >= 4 is 5.91 Å². The van der Waals surface area contributed by atoms with E-state index in [9.17, 15) is 18.0 Å². The minimum absolute atomic E-state index is 0.173. The number of carbonyl (C=O) groups excluding carboxylic acids is 1. The van der Waals surface area contributed by atoms with Gasteiger partial charge in [0.2, 0.25) is 0 Å². The maximum absolute atomic E-state index is 12.4. The van der Waals surface area contributed by atoms with Gasteiger partial charge in [0, 0.05) is 18.3 Å². The first-order chi connectivity index (χ1) is 10.3. The van der Waals surface area contributed by atoms with Crippen molar-refractivity contribution in [2.24, 2.45) is 0 Å². The van der Waals surface area contributed by atoms with Crippen molar-refractivity contribution in [3.63, 3.8) is 0 Å². The monoisotopic (exact) mass is 311 g/mol. The van der Waals surface area contributed by atoms with Gasteiger partial charge in [-0.25, -0.2) is 0 Å². The van der Waals surface area contributed by atoms with Crippen LogP contribution in [-0.2, 0) is 12.7 Å². The Hall–Kier alpha value is -2.31. The predicted octanol–water partition coefficient (Wildman–Crippen LogP) is 2.95. The number of rotatable bonds is 4. The lowest BCUT2D eigenvalue weighted by atomic mass is 10.1. The number of amides is 1. The molecule has 1 aromatic heterocycles. The number of hydrogen-bond acceptors (Lipinski definition) is 2. The lowest BCUT2D eigenvalue weighted by Gasteiger charge is -2.08. The average Bonchev–Trinajstić information content (AvgIpc) is 2.87. The van der Waals surface area contributed by atoms with Crippen molar-refractivity contribution < 1.29 is 18.0 Å². The van der Waals surface area contributed by atoms with Crippen LogP contribution in [0.5, 0.6) is 0 Å². The standard InChI is InChI=1S/C15H16F3N3O/c1-10-3-4-12(11(2)9-10)14(22)19-6-8-21-7-5-13(20-21)15(16,17)18/h3-5,7,9H,6,8H2,1-2H3,(H,19,22). The van der Waals surface area contributed by atoms with Gasteiger partial charge in [0.1, 0.15) is 0 Å². The lowest BCUT2D eigenvalue weighted by molar-refractivity contribution is -0.141. The summed E-state index contributed by atoms with van der Waals surface area (Å²) < 4.78 is 38.4. The van der Waals surface area contributed by atoms with Crippen molar-refractivity contribution in [3.05, 3.63) is 52.8 Å². The van der Waals surface area contributed by atoms with Crippen molar-refractivity contribution in [3.8, 4) is 0 Å². The van der Waals surface area contributed by atoms with Gasteiger partial charge in [-0.1, -0.05) is 17.7 Å². The molecule has 0 radical (unpaired) electrons. The number of alkyl halides is 3. The molecule has 0 unspecified atom stereocenters. The van der Waals surface area contributed by atoms with E-state index in [2.05, 4.69) is 10.4 Å². The third-order valence-electron chi connectivity index (χ3n) is 3.18. The summed E-state index contributed by atoms with van der Waals surface area (Å²) in [5, 5.41) is 6.10. The van der Waals surface area contributed by atoms with Crippen LogP contribution >= 0.6 is 0 Å². The van der Waals surface area contributed by atoms with Crippen molar-refractivity contribution in [2.75, 3.05) is 6.54 Å². The van der Waals surface area contributed by atoms with Gasteiger partial charge in [-0.15, -0.1) is 0 Å². The van der Waals surface area contributed by atoms with Gasteiger partial charge in [-0.3, -0.25) is 9.48 Å². The molecule has 4 nitrogen and oxygen atoms in total. The highest BCUT2D eigenvalue weighted by Gasteiger charge is 2.33. The third kappa shape index (κ3) is 3.87. The third-order valence-corrected chi connectivity index (χ3v) is 3.18. The molecule has 1 aromatic carbocycles. The zero-order chi connectivity index (χ0) is 16.3. The quantitative estimate of drug-likeness (QED) is 0.943. The van der Waals surface area contributed by atoms with E-state index in [1.807, 2.05) is 26.0 Å². The van der Waals surface area contributed by atoms with Crippen LogP contribution in [0, 0.1) is 13.8 Å². The summed E-state index contributed by atoms with van der Waals surface area (Å²) in [6.07, 6.45) is -3.21. The summed E-state index contributed by atoms with van der Waals surface area (Å²) >= 11 is 0. The van der Waals surface area contributed by atoms with Crippen molar-refractivity contribution in [2.45, 2.75) is 26.6 Å². The van der Waals surface area contributed by atoms with E-state index in [4.69, 9.17) is 0 Å².